The summed E-state index contributed by atoms with van der Waals surface area (Å²) >= 11 is 11.3. The van der Waals surface area contributed by atoms with Crippen molar-refractivity contribution < 1.29 is 5.11 Å². The molecule has 3 N–H and O–H groups in total. The van der Waals surface area contributed by atoms with Gasteiger partial charge >= 0.3 is 0 Å². The third-order valence-electron chi connectivity index (χ3n) is 1.72. The second-order valence-electron chi connectivity index (χ2n) is 2.81. The molecular formula is C8H10Cl2N2O. The van der Waals surface area contributed by atoms with Gasteiger partial charge in [-0.15, -0.1) is 0 Å². The Labute approximate surface area is 86.5 Å². The number of pyridine rings is 1. The predicted molar refractivity (Wildman–Crippen MR) is 52.9 cm³/mol. The molecule has 0 bridgehead atoms. The van der Waals surface area contributed by atoms with Gasteiger partial charge in [0.15, 0.2) is 0 Å². The first-order valence-corrected chi connectivity index (χ1v) is 4.52. The highest BCUT2D eigenvalue weighted by Gasteiger charge is 2.13. The maximum Gasteiger partial charge on any atom is 0.147 e. The van der Waals surface area contributed by atoms with E-state index in [0.29, 0.717) is 10.6 Å². The second-order valence-corrected chi connectivity index (χ2v) is 3.57. The van der Waals surface area contributed by atoms with Gasteiger partial charge in [-0.25, -0.2) is 4.98 Å². The highest BCUT2D eigenvalue weighted by Crippen LogP contribution is 2.23. The maximum atomic E-state index is 9.21. The van der Waals surface area contributed by atoms with Crippen molar-refractivity contribution in [3.05, 3.63) is 28.0 Å². The van der Waals surface area contributed by atoms with E-state index in [2.05, 4.69) is 4.98 Å². The van der Waals surface area contributed by atoms with Gasteiger partial charge in [0.05, 0.1) is 17.2 Å². The van der Waals surface area contributed by atoms with Gasteiger partial charge in [0.2, 0.25) is 0 Å². The molecule has 0 aliphatic rings. The van der Waals surface area contributed by atoms with Crippen molar-refractivity contribution in [1.82, 2.24) is 4.98 Å². The molecule has 0 aliphatic carbocycles. The van der Waals surface area contributed by atoms with E-state index >= 15 is 0 Å². The number of rotatable bonds is 2. The Morgan fingerprint density at radius 3 is 2.62 bits per heavy atom. The molecule has 0 spiro atoms. The molecule has 2 atom stereocenters. The van der Waals surface area contributed by atoms with Gasteiger partial charge in [0, 0.05) is 6.20 Å². The molecule has 3 nitrogen and oxygen atoms in total. The van der Waals surface area contributed by atoms with Crippen LogP contribution in [0.25, 0.3) is 0 Å². The molecule has 0 aliphatic heterocycles. The van der Waals surface area contributed by atoms with E-state index < -0.39 is 12.1 Å². The fourth-order valence-corrected chi connectivity index (χ4v) is 1.17. The van der Waals surface area contributed by atoms with Crippen molar-refractivity contribution in [3.63, 3.8) is 0 Å². The zero-order chi connectivity index (χ0) is 10.0. The summed E-state index contributed by atoms with van der Waals surface area (Å²) in [4.78, 5) is 3.82. The lowest BCUT2D eigenvalue weighted by Crippen LogP contribution is -2.23. The molecular weight excluding hydrogens is 211 g/mol. The van der Waals surface area contributed by atoms with E-state index in [0.717, 1.165) is 0 Å². The van der Waals surface area contributed by atoms with Crippen molar-refractivity contribution in [2.75, 3.05) is 0 Å². The molecule has 0 aromatic carbocycles. The second kappa shape index (κ2) is 4.24. The Morgan fingerprint density at radius 1 is 1.54 bits per heavy atom. The number of aliphatic hydroxyl groups is 1. The van der Waals surface area contributed by atoms with Crippen LogP contribution in [0.2, 0.25) is 10.2 Å². The third-order valence-corrected chi connectivity index (χ3v) is 2.41. The van der Waals surface area contributed by atoms with Crippen molar-refractivity contribution in [3.8, 4) is 0 Å². The van der Waals surface area contributed by atoms with Crippen LogP contribution in [-0.4, -0.2) is 16.2 Å². The minimum Gasteiger partial charge on any atom is -0.391 e. The van der Waals surface area contributed by atoms with Gasteiger partial charge in [0.1, 0.15) is 5.15 Å². The topological polar surface area (TPSA) is 59.1 Å². The van der Waals surface area contributed by atoms with E-state index in [1.54, 1.807) is 13.0 Å². The van der Waals surface area contributed by atoms with Crippen LogP contribution >= 0.6 is 23.2 Å². The SMILES string of the molecule is C[C@@H](O)[C@H](N)c1cnc(Cl)c(Cl)c1. The smallest absolute Gasteiger partial charge is 0.147 e. The van der Waals surface area contributed by atoms with Crippen LogP contribution in [0, 0.1) is 0 Å². The summed E-state index contributed by atoms with van der Waals surface area (Å²) in [6.45, 7) is 1.60. The standard InChI is InChI=1S/C8H10Cl2N2O/c1-4(13)7(11)5-2-6(9)8(10)12-3-5/h2-4,7,13H,11H2,1H3/t4-,7+/m1/s1. The molecule has 1 aromatic rings. The lowest BCUT2D eigenvalue weighted by atomic mass is 10.1. The van der Waals surface area contributed by atoms with Gasteiger partial charge in [-0.3, -0.25) is 0 Å². The van der Waals surface area contributed by atoms with Gasteiger partial charge in [0.25, 0.3) is 0 Å². The van der Waals surface area contributed by atoms with E-state index in [4.69, 9.17) is 28.9 Å². The predicted octanol–water partition coefficient (Wildman–Crippen LogP) is 1.77. The Morgan fingerprint density at radius 2 is 2.15 bits per heavy atom. The summed E-state index contributed by atoms with van der Waals surface area (Å²) in [6.07, 6.45) is 0.866. The molecule has 0 unspecified atom stereocenters. The average molecular weight is 221 g/mol. The molecule has 0 amide bonds. The Balaban J connectivity index is 2.97. The summed E-state index contributed by atoms with van der Waals surface area (Å²) in [5.74, 6) is 0. The number of nitrogens with zero attached hydrogens (tertiary/aromatic N) is 1. The van der Waals surface area contributed by atoms with Crippen LogP contribution in [0.1, 0.15) is 18.5 Å². The van der Waals surface area contributed by atoms with Gasteiger partial charge in [-0.05, 0) is 18.6 Å². The molecule has 13 heavy (non-hydrogen) atoms. The molecule has 0 fully saturated rings. The number of aliphatic hydroxyl groups excluding tert-OH is 1. The molecule has 1 rings (SSSR count). The van der Waals surface area contributed by atoms with Crippen LogP contribution in [0.4, 0.5) is 0 Å². The van der Waals surface area contributed by atoms with Crippen molar-refractivity contribution in [2.45, 2.75) is 19.1 Å². The third kappa shape index (κ3) is 2.54. The summed E-state index contributed by atoms with van der Waals surface area (Å²) in [5.41, 5.74) is 6.34. The lowest BCUT2D eigenvalue weighted by Gasteiger charge is -2.14. The zero-order valence-corrected chi connectivity index (χ0v) is 8.55. The van der Waals surface area contributed by atoms with Crippen LogP contribution in [0.3, 0.4) is 0 Å². The van der Waals surface area contributed by atoms with E-state index in [-0.39, 0.29) is 5.15 Å². The van der Waals surface area contributed by atoms with E-state index in [1.165, 1.54) is 6.20 Å². The molecule has 5 heteroatoms. The van der Waals surface area contributed by atoms with Gasteiger partial charge in [-0.1, -0.05) is 23.2 Å². The Bertz CT molecular complexity index is 304. The van der Waals surface area contributed by atoms with Crippen LogP contribution in [0.15, 0.2) is 12.3 Å². The number of hydrogen-bond donors (Lipinski definition) is 2. The quantitative estimate of drug-likeness (QED) is 0.748. The number of hydrogen-bond acceptors (Lipinski definition) is 3. The highest BCUT2D eigenvalue weighted by atomic mass is 35.5. The van der Waals surface area contributed by atoms with E-state index in [9.17, 15) is 5.11 Å². The molecule has 1 heterocycles. The molecule has 0 saturated carbocycles. The number of halogens is 2. The monoisotopic (exact) mass is 220 g/mol. The normalized spacial score (nSPS) is 15.5. The van der Waals surface area contributed by atoms with Crippen LogP contribution < -0.4 is 5.73 Å². The molecule has 0 saturated heterocycles. The summed E-state index contributed by atoms with van der Waals surface area (Å²) in [6, 6.07) is 1.12. The minimum absolute atomic E-state index is 0.239. The minimum atomic E-state index is -0.640. The van der Waals surface area contributed by atoms with Crippen LogP contribution in [0.5, 0.6) is 0 Å². The summed E-state index contributed by atoms with van der Waals surface area (Å²) in [5, 5.41) is 9.79. The van der Waals surface area contributed by atoms with Gasteiger partial charge < -0.3 is 10.8 Å². The number of nitrogens with two attached hydrogens (primary N) is 1. The first-order chi connectivity index (χ1) is 6.02. The fraction of sp³-hybridized carbons (Fsp3) is 0.375. The molecule has 1 aromatic heterocycles. The maximum absolute atomic E-state index is 9.21. The Hall–Kier alpha value is -0.350. The summed E-state index contributed by atoms with van der Waals surface area (Å²) < 4.78 is 0. The summed E-state index contributed by atoms with van der Waals surface area (Å²) in [7, 11) is 0. The fourth-order valence-electron chi connectivity index (χ4n) is 0.897. The van der Waals surface area contributed by atoms with Crippen molar-refractivity contribution in [1.29, 1.82) is 0 Å². The van der Waals surface area contributed by atoms with Gasteiger partial charge in [-0.2, -0.15) is 0 Å². The zero-order valence-electron chi connectivity index (χ0n) is 7.04. The average Bonchev–Trinajstić information content (AvgIpc) is 2.08. The van der Waals surface area contributed by atoms with Crippen molar-refractivity contribution in [2.24, 2.45) is 5.73 Å². The lowest BCUT2D eigenvalue weighted by molar-refractivity contribution is 0.164. The van der Waals surface area contributed by atoms with E-state index in [1.807, 2.05) is 0 Å². The number of aromatic nitrogens is 1. The first kappa shape index (κ1) is 10.7. The Kier molecular flexibility index (Phi) is 3.50. The largest absolute Gasteiger partial charge is 0.391 e. The van der Waals surface area contributed by atoms with Crippen LogP contribution in [-0.2, 0) is 0 Å². The highest BCUT2D eigenvalue weighted by molar-refractivity contribution is 6.41. The molecule has 0 radical (unpaired) electrons. The first-order valence-electron chi connectivity index (χ1n) is 3.77. The van der Waals surface area contributed by atoms with Crippen molar-refractivity contribution >= 4 is 23.2 Å². The molecule has 72 valence electrons.